The van der Waals surface area contributed by atoms with E-state index in [9.17, 15) is 24.8 Å². The van der Waals surface area contributed by atoms with Crippen LogP contribution in [-0.4, -0.2) is 35.0 Å². The third-order valence-electron chi connectivity index (χ3n) is 3.60. The molecule has 1 aliphatic heterocycles. The maximum absolute atomic E-state index is 12.3. The van der Waals surface area contributed by atoms with Crippen molar-refractivity contribution in [3.05, 3.63) is 51.5 Å². The number of esters is 1. The Morgan fingerprint density at radius 1 is 1.35 bits per heavy atom. The molecule has 2 aromatic carbocycles. The number of amides is 1. The lowest BCUT2D eigenvalue weighted by atomic mass is 10.2. The van der Waals surface area contributed by atoms with Crippen LogP contribution in [0.25, 0.3) is 0 Å². The Hall–Kier alpha value is -3.33. The molecule has 0 spiro atoms. The number of hydrogen-bond acceptors (Lipinski definition) is 7. The fraction of sp³-hybridized carbons (Fsp3) is 0.125. The Bertz CT molecular complexity index is 917. The smallest absolute Gasteiger partial charge is 0.331 e. The molecule has 0 saturated carbocycles. The zero-order chi connectivity index (χ0) is 18.8. The van der Waals surface area contributed by atoms with Gasteiger partial charge in [0.2, 0.25) is 5.91 Å². The number of carbonyl (C=O) groups is 2. The first kappa shape index (κ1) is 17.5. The average molecular weight is 378 g/mol. The van der Waals surface area contributed by atoms with Gasteiger partial charge in [-0.1, -0.05) is 11.6 Å². The number of non-ortho nitro benzene ring substituents is 1. The van der Waals surface area contributed by atoms with Gasteiger partial charge in [-0.15, -0.1) is 0 Å². The zero-order valence-electron chi connectivity index (χ0n) is 13.1. The Labute approximate surface area is 151 Å². The van der Waals surface area contributed by atoms with Crippen LogP contribution in [0.4, 0.5) is 17.1 Å². The first-order valence-corrected chi connectivity index (χ1v) is 7.74. The van der Waals surface area contributed by atoms with Gasteiger partial charge >= 0.3 is 5.97 Å². The molecule has 0 saturated heterocycles. The molecule has 2 aromatic rings. The number of anilines is 2. The third-order valence-corrected chi connectivity index (χ3v) is 3.84. The molecule has 0 aromatic heterocycles. The second-order valence-corrected chi connectivity index (χ2v) is 5.89. The van der Waals surface area contributed by atoms with Crippen LogP contribution in [0, 0.1) is 10.1 Å². The summed E-state index contributed by atoms with van der Waals surface area (Å²) in [5, 5.41) is 23.4. The molecule has 2 N–H and O–H groups in total. The first-order valence-electron chi connectivity index (χ1n) is 7.36. The number of nitro groups is 1. The lowest BCUT2D eigenvalue weighted by molar-refractivity contribution is -0.384. The zero-order valence-corrected chi connectivity index (χ0v) is 13.9. The molecule has 1 aliphatic rings. The maximum atomic E-state index is 12.3. The molecule has 9 nitrogen and oxygen atoms in total. The number of ether oxygens (including phenoxy) is 1. The van der Waals surface area contributed by atoms with Crippen LogP contribution in [0.1, 0.15) is 0 Å². The van der Waals surface area contributed by atoms with Crippen molar-refractivity contribution in [1.82, 2.24) is 0 Å². The molecule has 0 fully saturated rings. The molecular weight excluding hydrogens is 366 g/mol. The fourth-order valence-corrected chi connectivity index (χ4v) is 2.63. The number of carbonyl (C=O) groups excluding carboxylic acids is 2. The second-order valence-electron chi connectivity index (χ2n) is 5.45. The van der Waals surface area contributed by atoms with E-state index in [1.807, 2.05) is 0 Å². The van der Waals surface area contributed by atoms with E-state index in [-0.39, 0.29) is 36.0 Å². The molecule has 0 radical (unpaired) electrons. The maximum Gasteiger partial charge on any atom is 0.331 e. The predicted octanol–water partition coefficient (Wildman–Crippen LogP) is 2.32. The van der Waals surface area contributed by atoms with Gasteiger partial charge in [0, 0.05) is 17.2 Å². The number of aromatic hydroxyl groups is 1. The molecule has 0 bridgehead atoms. The number of halogens is 1. The van der Waals surface area contributed by atoms with Gasteiger partial charge in [-0.05, 0) is 24.3 Å². The highest BCUT2D eigenvalue weighted by molar-refractivity contribution is 6.31. The Kier molecular flexibility index (Phi) is 4.63. The van der Waals surface area contributed by atoms with E-state index in [1.54, 1.807) is 12.1 Å². The van der Waals surface area contributed by atoms with Crippen LogP contribution in [-0.2, 0) is 9.59 Å². The van der Waals surface area contributed by atoms with E-state index >= 15 is 0 Å². The van der Waals surface area contributed by atoms with Crippen molar-refractivity contribution in [3.8, 4) is 11.5 Å². The molecular formula is C16H12ClN3O6. The molecule has 0 aliphatic carbocycles. The lowest BCUT2D eigenvalue weighted by Gasteiger charge is -2.29. The molecule has 0 unspecified atom stereocenters. The van der Waals surface area contributed by atoms with Gasteiger partial charge in [0.25, 0.3) is 5.69 Å². The third kappa shape index (κ3) is 3.67. The van der Waals surface area contributed by atoms with E-state index in [2.05, 4.69) is 5.32 Å². The van der Waals surface area contributed by atoms with Crippen LogP contribution in [0.2, 0.25) is 5.02 Å². The van der Waals surface area contributed by atoms with Crippen molar-refractivity contribution in [1.29, 1.82) is 0 Å². The summed E-state index contributed by atoms with van der Waals surface area (Å²) in [6.07, 6.45) is 0. The van der Waals surface area contributed by atoms with Gasteiger partial charge in [0.1, 0.15) is 12.3 Å². The van der Waals surface area contributed by atoms with Crippen molar-refractivity contribution in [2.45, 2.75) is 0 Å². The monoisotopic (exact) mass is 377 g/mol. The highest BCUT2D eigenvalue weighted by atomic mass is 35.5. The summed E-state index contributed by atoms with van der Waals surface area (Å²) < 4.78 is 5.09. The molecule has 10 heteroatoms. The predicted molar refractivity (Wildman–Crippen MR) is 92.7 cm³/mol. The highest BCUT2D eigenvalue weighted by Crippen LogP contribution is 2.34. The topological polar surface area (TPSA) is 122 Å². The minimum Gasteiger partial charge on any atom is -0.506 e. The molecule has 3 rings (SSSR count). The van der Waals surface area contributed by atoms with E-state index in [0.29, 0.717) is 10.7 Å². The van der Waals surface area contributed by atoms with Gasteiger partial charge in [-0.2, -0.15) is 0 Å². The van der Waals surface area contributed by atoms with Crippen molar-refractivity contribution in [2.24, 2.45) is 0 Å². The van der Waals surface area contributed by atoms with Crippen molar-refractivity contribution in [3.63, 3.8) is 0 Å². The van der Waals surface area contributed by atoms with Crippen molar-refractivity contribution >= 4 is 40.5 Å². The van der Waals surface area contributed by atoms with Crippen LogP contribution in [0.5, 0.6) is 11.5 Å². The van der Waals surface area contributed by atoms with Crippen LogP contribution in [0.15, 0.2) is 36.4 Å². The van der Waals surface area contributed by atoms with Crippen LogP contribution >= 0.6 is 11.6 Å². The molecule has 134 valence electrons. The number of phenolic OH excluding ortho intramolecular Hbond substituents is 1. The number of nitrogens with zero attached hydrogens (tertiary/aromatic N) is 2. The Morgan fingerprint density at radius 3 is 2.85 bits per heavy atom. The standard InChI is InChI=1S/C16H12ClN3O6/c17-9-1-4-14-12(5-9)19(8-16(23)26-14)7-15(22)18-11-6-10(20(24)25)2-3-13(11)21/h1-6,21H,7-8H2,(H,18,22). The summed E-state index contributed by atoms with van der Waals surface area (Å²) in [6, 6.07) is 7.90. The van der Waals surface area contributed by atoms with Gasteiger partial charge in [0.15, 0.2) is 5.75 Å². The fourth-order valence-electron chi connectivity index (χ4n) is 2.46. The van der Waals surface area contributed by atoms with E-state index in [1.165, 1.54) is 11.0 Å². The number of nitrogens with one attached hydrogen (secondary N) is 1. The number of fused-ring (bicyclic) bond motifs is 1. The summed E-state index contributed by atoms with van der Waals surface area (Å²) in [6.45, 7) is -0.410. The summed E-state index contributed by atoms with van der Waals surface area (Å²) in [5.74, 6) is -1.16. The minimum absolute atomic E-state index is 0.102. The number of phenols is 1. The first-order chi connectivity index (χ1) is 12.3. The number of nitro benzene ring substituents is 1. The normalized spacial score (nSPS) is 13.0. The second kappa shape index (κ2) is 6.89. The van der Waals surface area contributed by atoms with E-state index in [0.717, 1.165) is 18.2 Å². The van der Waals surface area contributed by atoms with Crippen molar-refractivity contribution in [2.75, 3.05) is 23.3 Å². The van der Waals surface area contributed by atoms with Crippen LogP contribution < -0.4 is 15.0 Å². The SMILES string of the molecule is O=C(CN1CC(=O)Oc2ccc(Cl)cc21)Nc1cc([N+](=O)[O-])ccc1O. The number of benzene rings is 2. The summed E-state index contributed by atoms with van der Waals surface area (Å²) in [5.41, 5.74) is 0.0856. The Balaban J connectivity index is 1.79. The van der Waals surface area contributed by atoms with Crippen molar-refractivity contribution < 1.29 is 24.4 Å². The summed E-state index contributed by atoms with van der Waals surface area (Å²) in [4.78, 5) is 35.6. The Morgan fingerprint density at radius 2 is 2.12 bits per heavy atom. The minimum atomic E-state index is -0.645. The number of hydrogen-bond donors (Lipinski definition) is 2. The van der Waals surface area contributed by atoms with Gasteiger partial charge in [-0.25, -0.2) is 4.79 Å². The largest absolute Gasteiger partial charge is 0.506 e. The molecule has 26 heavy (non-hydrogen) atoms. The average Bonchev–Trinajstić information content (AvgIpc) is 2.57. The lowest BCUT2D eigenvalue weighted by Crippen LogP contribution is -2.41. The number of rotatable bonds is 4. The van der Waals surface area contributed by atoms with Gasteiger partial charge in [-0.3, -0.25) is 14.9 Å². The van der Waals surface area contributed by atoms with Gasteiger partial charge in [0.05, 0.1) is 22.8 Å². The summed E-state index contributed by atoms with van der Waals surface area (Å²) in [7, 11) is 0. The quantitative estimate of drug-likeness (QED) is 0.275. The highest BCUT2D eigenvalue weighted by Gasteiger charge is 2.26. The molecule has 1 amide bonds. The molecule has 0 atom stereocenters. The molecule has 1 heterocycles. The van der Waals surface area contributed by atoms with Crippen LogP contribution in [0.3, 0.4) is 0 Å². The van der Waals surface area contributed by atoms with Gasteiger partial charge < -0.3 is 20.1 Å². The summed E-state index contributed by atoms with van der Waals surface area (Å²) >= 11 is 5.95. The van der Waals surface area contributed by atoms with E-state index < -0.39 is 16.8 Å². The van der Waals surface area contributed by atoms with E-state index in [4.69, 9.17) is 16.3 Å².